The summed E-state index contributed by atoms with van der Waals surface area (Å²) in [5.41, 5.74) is 0. The Morgan fingerprint density at radius 1 is 0.447 bits per heavy atom. The molecular formula is C32H63NO14. The van der Waals surface area contributed by atoms with Crippen molar-refractivity contribution in [1.29, 1.82) is 0 Å². The largest absolute Gasteiger partial charge is 0.466 e. The molecule has 1 N–H and O–H groups in total. The van der Waals surface area contributed by atoms with Crippen molar-refractivity contribution < 1.29 is 66.4 Å². The Kier molecular flexibility index (Phi) is 35.3. The van der Waals surface area contributed by atoms with E-state index in [1.165, 1.54) is 0 Å². The molecule has 0 unspecified atom stereocenters. The van der Waals surface area contributed by atoms with E-state index in [9.17, 15) is 4.79 Å². The van der Waals surface area contributed by atoms with Crippen LogP contribution in [0, 0.1) is 0 Å². The van der Waals surface area contributed by atoms with Crippen LogP contribution in [0.3, 0.4) is 0 Å². The molecule has 0 atom stereocenters. The molecule has 1 fully saturated rings. The summed E-state index contributed by atoms with van der Waals surface area (Å²) in [6, 6.07) is 0. The maximum Gasteiger partial charge on any atom is 0.308 e. The predicted molar refractivity (Wildman–Crippen MR) is 172 cm³/mol. The highest BCUT2D eigenvalue weighted by atomic mass is 16.6. The Balaban J connectivity index is 1.60. The standard InChI is InChI=1S/C32H63NO14/c1-2-46-32(34)5-8-35-9-10-36-11-12-37-13-14-38-15-16-39-17-18-40-19-20-41-21-22-42-23-24-43-25-26-44-27-28-45-29-30-47-31-3-6-33-7-4-31/h31,33H,2-30H2,1H3. The third-order valence-electron chi connectivity index (χ3n) is 6.34. The minimum absolute atomic E-state index is 0.250. The molecule has 15 heteroatoms. The minimum Gasteiger partial charge on any atom is -0.466 e. The molecule has 0 aromatic carbocycles. The van der Waals surface area contributed by atoms with Gasteiger partial charge in [0.25, 0.3) is 0 Å². The SMILES string of the molecule is CCOC(=O)CCOCCOCCOCCOCCOCCOCCOCCOCCOCCOCCOCCOC1CCNCC1. The first-order valence-corrected chi connectivity index (χ1v) is 17.2. The monoisotopic (exact) mass is 685 g/mol. The lowest BCUT2D eigenvalue weighted by Crippen LogP contribution is -2.33. The van der Waals surface area contributed by atoms with Crippen molar-refractivity contribution in [3.8, 4) is 0 Å². The van der Waals surface area contributed by atoms with Crippen molar-refractivity contribution in [2.75, 3.05) is 172 Å². The quantitative estimate of drug-likeness (QED) is 0.0724. The Hall–Kier alpha value is -1.05. The van der Waals surface area contributed by atoms with Gasteiger partial charge >= 0.3 is 5.97 Å². The zero-order valence-corrected chi connectivity index (χ0v) is 28.8. The Morgan fingerprint density at radius 2 is 0.723 bits per heavy atom. The first-order chi connectivity index (χ1) is 23.3. The Bertz CT molecular complexity index is 631. The highest BCUT2D eigenvalue weighted by Gasteiger charge is 2.12. The van der Waals surface area contributed by atoms with Crippen molar-refractivity contribution in [1.82, 2.24) is 5.32 Å². The van der Waals surface area contributed by atoms with Crippen LogP contribution in [0.15, 0.2) is 0 Å². The highest BCUT2D eigenvalue weighted by molar-refractivity contribution is 5.69. The normalized spacial score (nSPS) is 13.8. The zero-order valence-electron chi connectivity index (χ0n) is 28.8. The molecule has 0 amide bonds. The van der Waals surface area contributed by atoms with Crippen LogP contribution in [0.5, 0.6) is 0 Å². The zero-order chi connectivity index (χ0) is 33.6. The van der Waals surface area contributed by atoms with E-state index in [1.807, 2.05) is 0 Å². The molecule has 0 radical (unpaired) electrons. The number of carbonyl (C=O) groups excluding carboxylic acids is 1. The van der Waals surface area contributed by atoms with E-state index >= 15 is 0 Å². The number of nitrogens with one attached hydrogen (secondary N) is 1. The van der Waals surface area contributed by atoms with Crippen LogP contribution in [0.1, 0.15) is 26.2 Å². The highest BCUT2D eigenvalue weighted by Crippen LogP contribution is 2.06. The number of ether oxygens (including phenoxy) is 13. The van der Waals surface area contributed by atoms with Crippen LogP contribution in [0.25, 0.3) is 0 Å². The van der Waals surface area contributed by atoms with Gasteiger partial charge < -0.3 is 66.9 Å². The molecule has 0 aliphatic carbocycles. The summed E-state index contributed by atoms with van der Waals surface area (Å²) in [7, 11) is 0. The van der Waals surface area contributed by atoms with Gasteiger partial charge in [0, 0.05) is 0 Å². The summed E-state index contributed by atoms with van der Waals surface area (Å²) in [6.45, 7) is 15.9. The summed E-state index contributed by atoms with van der Waals surface area (Å²) in [4.78, 5) is 11.2. The van der Waals surface area contributed by atoms with E-state index in [0.717, 1.165) is 25.9 Å². The molecule has 0 aromatic rings. The molecule has 1 aliphatic rings. The van der Waals surface area contributed by atoms with Gasteiger partial charge in [-0.2, -0.15) is 0 Å². The van der Waals surface area contributed by atoms with Gasteiger partial charge in [-0.25, -0.2) is 0 Å². The number of hydrogen-bond donors (Lipinski definition) is 1. The molecule has 1 saturated heterocycles. The molecule has 0 spiro atoms. The third-order valence-corrected chi connectivity index (χ3v) is 6.34. The predicted octanol–water partition coefficient (Wildman–Crippen LogP) is 0.891. The molecule has 0 bridgehead atoms. The van der Waals surface area contributed by atoms with Crippen LogP contribution < -0.4 is 5.32 Å². The van der Waals surface area contributed by atoms with Gasteiger partial charge in [0.1, 0.15) is 0 Å². The molecule has 0 aromatic heterocycles. The Morgan fingerprint density at radius 3 is 1.02 bits per heavy atom. The van der Waals surface area contributed by atoms with E-state index < -0.39 is 0 Å². The lowest BCUT2D eigenvalue weighted by atomic mass is 10.1. The van der Waals surface area contributed by atoms with Gasteiger partial charge in [0.15, 0.2) is 0 Å². The van der Waals surface area contributed by atoms with Gasteiger partial charge in [0.2, 0.25) is 0 Å². The van der Waals surface area contributed by atoms with Gasteiger partial charge in [-0.15, -0.1) is 0 Å². The summed E-state index contributed by atoms with van der Waals surface area (Å²) >= 11 is 0. The van der Waals surface area contributed by atoms with Crippen molar-refractivity contribution in [2.24, 2.45) is 0 Å². The van der Waals surface area contributed by atoms with Crippen LogP contribution in [0.2, 0.25) is 0 Å². The first-order valence-electron chi connectivity index (χ1n) is 17.2. The second-order valence-electron chi connectivity index (χ2n) is 10.1. The second-order valence-corrected chi connectivity index (χ2v) is 10.1. The van der Waals surface area contributed by atoms with E-state index in [4.69, 9.17) is 61.6 Å². The fourth-order valence-corrected chi connectivity index (χ4v) is 3.93. The number of rotatable bonds is 38. The van der Waals surface area contributed by atoms with Gasteiger partial charge in [0.05, 0.1) is 171 Å². The summed E-state index contributed by atoms with van der Waals surface area (Å²) in [6.07, 6.45) is 2.78. The number of esters is 1. The van der Waals surface area contributed by atoms with Crippen LogP contribution >= 0.6 is 0 Å². The molecule has 1 heterocycles. The molecule has 1 rings (SSSR count). The van der Waals surface area contributed by atoms with Crippen molar-refractivity contribution in [3.05, 3.63) is 0 Å². The van der Waals surface area contributed by atoms with Gasteiger partial charge in [-0.05, 0) is 32.9 Å². The van der Waals surface area contributed by atoms with E-state index in [0.29, 0.717) is 165 Å². The number of hydrogen-bond acceptors (Lipinski definition) is 15. The van der Waals surface area contributed by atoms with E-state index in [1.54, 1.807) is 6.92 Å². The van der Waals surface area contributed by atoms with E-state index in [-0.39, 0.29) is 12.4 Å². The summed E-state index contributed by atoms with van der Waals surface area (Å²) in [5, 5.41) is 3.33. The van der Waals surface area contributed by atoms with Crippen LogP contribution in [-0.4, -0.2) is 184 Å². The second kappa shape index (κ2) is 37.8. The maximum atomic E-state index is 11.2. The molecular weight excluding hydrogens is 622 g/mol. The first kappa shape index (κ1) is 44.0. The number of piperidine rings is 1. The van der Waals surface area contributed by atoms with Gasteiger partial charge in [-0.3, -0.25) is 4.79 Å². The molecule has 1 aliphatic heterocycles. The molecule has 15 nitrogen and oxygen atoms in total. The molecule has 47 heavy (non-hydrogen) atoms. The fraction of sp³-hybridized carbons (Fsp3) is 0.969. The lowest BCUT2D eigenvalue weighted by molar-refractivity contribution is -0.144. The van der Waals surface area contributed by atoms with Crippen molar-refractivity contribution in [3.63, 3.8) is 0 Å². The topological polar surface area (TPSA) is 149 Å². The smallest absolute Gasteiger partial charge is 0.308 e. The lowest BCUT2D eigenvalue weighted by Gasteiger charge is -2.22. The Labute approximate surface area is 281 Å². The average molecular weight is 686 g/mol. The summed E-state index contributed by atoms with van der Waals surface area (Å²) in [5.74, 6) is -0.250. The van der Waals surface area contributed by atoms with Crippen LogP contribution in [0.4, 0.5) is 0 Å². The van der Waals surface area contributed by atoms with Crippen molar-refractivity contribution in [2.45, 2.75) is 32.3 Å². The number of carbonyl (C=O) groups is 1. The van der Waals surface area contributed by atoms with E-state index in [2.05, 4.69) is 5.32 Å². The summed E-state index contributed by atoms with van der Waals surface area (Å²) < 4.78 is 70.6. The molecule has 280 valence electrons. The third kappa shape index (κ3) is 34.6. The van der Waals surface area contributed by atoms with Gasteiger partial charge in [-0.1, -0.05) is 0 Å². The maximum absolute atomic E-state index is 11.2. The minimum atomic E-state index is -0.250. The average Bonchev–Trinajstić information content (AvgIpc) is 3.08. The fourth-order valence-electron chi connectivity index (χ4n) is 3.93. The molecule has 0 saturated carbocycles. The van der Waals surface area contributed by atoms with Crippen LogP contribution in [-0.2, 0) is 66.4 Å². The van der Waals surface area contributed by atoms with Crippen molar-refractivity contribution >= 4 is 5.97 Å².